The third-order valence-electron chi connectivity index (χ3n) is 2.34. The summed E-state index contributed by atoms with van der Waals surface area (Å²) in [6.45, 7) is 2.11. The van der Waals surface area contributed by atoms with Crippen molar-refractivity contribution in [3.05, 3.63) is 11.1 Å². The number of β-lactam (4-membered cyclic amide) rings is 1. The SMILES string of the molecule is CC1C(S)=CN2C(=O)CC12. The smallest absolute Gasteiger partial charge is 0.228 e. The number of carbonyl (C=O) groups is 1. The van der Waals surface area contributed by atoms with Crippen molar-refractivity contribution in [2.24, 2.45) is 5.92 Å². The number of rotatable bonds is 0. The summed E-state index contributed by atoms with van der Waals surface area (Å²) < 4.78 is 0. The Morgan fingerprint density at radius 1 is 1.80 bits per heavy atom. The predicted octanol–water partition coefficient (Wildman–Crippen LogP) is 1.01. The molecule has 0 radical (unpaired) electrons. The van der Waals surface area contributed by atoms with E-state index < -0.39 is 0 Å². The van der Waals surface area contributed by atoms with E-state index in [-0.39, 0.29) is 5.91 Å². The molecule has 1 amide bonds. The van der Waals surface area contributed by atoms with Crippen molar-refractivity contribution >= 4 is 18.5 Å². The van der Waals surface area contributed by atoms with Crippen LogP contribution >= 0.6 is 12.6 Å². The molecule has 0 bridgehead atoms. The van der Waals surface area contributed by atoms with Crippen LogP contribution in [-0.2, 0) is 4.79 Å². The summed E-state index contributed by atoms with van der Waals surface area (Å²) >= 11 is 4.25. The normalized spacial score (nSPS) is 37.2. The lowest BCUT2D eigenvalue weighted by Gasteiger charge is -2.35. The Bertz CT molecular complexity index is 224. The van der Waals surface area contributed by atoms with E-state index in [9.17, 15) is 4.79 Å². The van der Waals surface area contributed by atoms with Gasteiger partial charge in [0.05, 0.1) is 6.04 Å². The van der Waals surface area contributed by atoms with Gasteiger partial charge in [0.1, 0.15) is 0 Å². The number of fused-ring (bicyclic) bond motifs is 1. The minimum absolute atomic E-state index is 0.237. The van der Waals surface area contributed by atoms with Crippen LogP contribution in [-0.4, -0.2) is 16.8 Å². The molecule has 1 fully saturated rings. The van der Waals surface area contributed by atoms with Crippen molar-refractivity contribution in [1.29, 1.82) is 0 Å². The van der Waals surface area contributed by atoms with E-state index in [1.807, 2.05) is 6.20 Å². The summed E-state index contributed by atoms with van der Waals surface area (Å²) in [5.41, 5.74) is 0. The lowest BCUT2D eigenvalue weighted by Crippen LogP contribution is -2.48. The zero-order chi connectivity index (χ0) is 7.30. The number of carbonyl (C=O) groups excluding carboxylic acids is 1. The van der Waals surface area contributed by atoms with E-state index in [4.69, 9.17) is 0 Å². The van der Waals surface area contributed by atoms with E-state index in [0.717, 1.165) is 4.91 Å². The molecule has 0 aromatic heterocycles. The summed E-state index contributed by atoms with van der Waals surface area (Å²) in [7, 11) is 0. The van der Waals surface area contributed by atoms with Crippen LogP contribution in [0.2, 0.25) is 0 Å². The molecular formula is C7H9NOS. The van der Waals surface area contributed by atoms with E-state index in [2.05, 4.69) is 19.6 Å². The van der Waals surface area contributed by atoms with Gasteiger partial charge in [-0.2, -0.15) is 0 Å². The molecule has 0 aromatic carbocycles. The fourth-order valence-electron chi connectivity index (χ4n) is 1.50. The zero-order valence-corrected chi connectivity index (χ0v) is 6.64. The van der Waals surface area contributed by atoms with Crippen LogP contribution in [0.5, 0.6) is 0 Å². The molecule has 54 valence electrons. The molecule has 0 aromatic rings. The van der Waals surface area contributed by atoms with Crippen molar-refractivity contribution in [3.63, 3.8) is 0 Å². The standard InChI is InChI=1S/C7H9NOS/c1-4-5-2-7(9)8(5)3-6(4)10/h3-5,10H,2H2,1H3. The van der Waals surface area contributed by atoms with Gasteiger partial charge in [0.25, 0.3) is 0 Å². The Morgan fingerprint density at radius 2 is 2.50 bits per heavy atom. The molecule has 0 N–H and O–H groups in total. The van der Waals surface area contributed by atoms with Crippen molar-refractivity contribution in [2.45, 2.75) is 19.4 Å². The lowest BCUT2D eigenvalue weighted by molar-refractivity contribution is -0.141. The fraction of sp³-hybridized carbons (Fsp3) is 0.571. The maximum absolute atomic E-state index is 10.9. The molecule has 2 unspecified atom stereocenters. The molecule has 10 heavy (non-hydrogen) atoms. The number of nitrogens with zero attached hydrogens (tertiary/aromatic N) is 1. The minimum atomic E-state index is 0.237. The van der Waals surface area contributed by atoms with Crippen LogP contribution in [0.25, 0.3) is 0 Å². The van der Waals surface area contributed by atoms with Crippen LogP contribution in [0.15, 0.2) is 11.1 Å². The van der Waals surface area contributed by atoms with Crippen molar-refractivity contribution in [3.8, 4) is 0 Å². The van der Waals surface area contributed by atoms with Gasteiger partial charge in [-0.3, -0.25) is 4.79 Å². The highest BCUT2D eigenvalue weighted by Crippen LogP contribution is 2.38. The number of amides is 1. The summed E-state index contributed by atoms with van der Waals surface area (Å²) in [6.07, 6.45) is 2.56. The van der Waals surface area contributed by atoms with Gasteiger partial charge < -0.3 is 4.90 Å². The van der Waals surface area contributed by atoms with E-state index >= 15 is 0 Å². The third kappa shape index (κ3) is 0.586. The van der Waals surface area contributed by atoms with Crippen molar-refractivity contribution in [1.82, 2.24) is 4.90 Å². The molecule has 2 nitrogen and oxygen atoms in total. The molecule has 0 spiro atoms. The maximum atomic E-state index is 10.9. The molecule has 2 aliphatic rings. The molecule has 2 heterocycles. The Kier molecular flexibility index (Phi) is 1.12. The lowest BCUT2D eigenvalue weighted by atomic mass is 9.94. The van der Waals surface area contributed by atoms with Gasteiger partial charge >= 0.3 is 0 Å². The molecule has 3 heteroatoms. The summed E-state index contributed by atoms with van der Waals surface area (Å²) in [5, 5.41) is 0. The maximum Gasteiger partial charge on any atom is 0.228 e. The van der Waals surface area contributed by atoms with Crippen LogP contribution in [0.1, 0.15) is 13.3 Å². The average molecular weight is 155 g/mol. The van der Waals surface area contributed by atoms with Gasteiger partial charge in [-0.1, -0.05) is 6.92 Å². The van der Waals surface area contributed by atoms with E-state index in [1.54, 1.807) is 4.90 Å². The Hall–Kier alpha value is -0.440. The number of hydrogen-bond acceptors (Lipinski definition) is 2. The first kappa shape index (κ1) is 6.28. The Labute approximate surface area is 65.3 Å². The van der Waals surface area contributed by atoms with Gasteiger partial charge in [0, 0.05) is 23.4 Å². The average Bonchev–Trinajstić information content (AvgIpc) is 2.12. The molecule has 0 saturated carbocycles. The minimum Gasteiger partial charge on any atom is -0.314 e. The second-order valence-corrected chi connectivity index (χ2v) is 3.43. The molecule has 0 aliphatic carbocycles. The second-order valence-electron chi connectivity index (χ2n) is 2.92. The van der Waals surface area contributed by atoms with E-state index in [0.29, 0.717) is 18.4 Å². The topological polar surface area (TPSA) is 20.3 Å². The summed E-state index contributed by atoms with van der Waals surface area (Å²) in [4.78, 5) is 13.7. The van der Waals surface area contributed by atoms with E-state index in [1.165, 1.54) is 0 Å². The molecular weight excluding hydrogens is 146 g/mol. The third-order valence-corrected chi connectivity index (χ3v) is 2.87. The van der Waals surface area contributed by atoms with Crippen LogP contribution in [0, 0.1) is 5.92 Å². The van der Waals surface area contributed by atoms with Gasteiger partial charge in [-0.15, -0.1) is 12.6 Å². The highest BCUT2D eigenvalue weighted by Gasteiger charge is 2.43. The fourth-order valence-corrected chi connectivity index (χ4v) is 1.79. The Balaban J connectivity index is 2.24. The van der Waals surface area contributed by atoms with Crippen LogP contribution < -0.4 is 0 Å². The van der Waals surface area contributed by atoms with Crippen molar-refractivity contribution < 1.29 is 4.79 Å². The van der Waals surface area contributed by atoms with Gasteiger partial charge in [-0.05, 0) is 0 Å². The first-order valence-corrected chi connectivity index (χ1v) is 3.86. The number of hydrogen-bond donors (Lipinski definition) is 1. The quantitative estimate of drug-likeness (QED) is 0.409. The highest BCUT2D eigenvalue weighted by molar-refractivity contribution is 7.84. The zero-order valence-electron chi connectivity index (χ0n) is 5.74. The molecule has 2 rings (SSSR count). The molecule has 1 saturated heterocycles. The monoisotopic (exact) mass is 155 g/mol. The highest BCUT2D eigenvalue weighted by atomic mass is 32.1. The van der Waals surface area contributed by atoms with Gasteiger partial charge in [-0.25, -0.2) is 0 Å². The molecule has 2 atom stereocenters. The predicted molar refractivity (Wildman–Crippen MR) is 41.5 cm³/mol. The molecule has 2 aliphatic heterocycles. The summed E-state index contributed by atoms with van der Waals surface area (Å²) in [6, 6.07) is 0.431. The van der Waals surface area contributed by atoms with Crippen LogP contribution in [0.3, 0.4) is 0 Å². The first-order chi connectivity index (χ1) is 4.70. The van der Waals surface area contributed by atoms with Crippen molar-refractivity contribution in [2.75, 3.05) is 0 Å². The largest absolute Gasteiger partial charge is 0.314 e. The van der Waals surface area contributed by atoms with Crippen LogP contribution in [0.4, 0.5) is 0 Å². The number of thiol groups is 1. The second kappa shape index (κ2) is 1.78. The first-order valence-electron chi connectivity index (χ1n) is 3.42. The van der Waals surface area contributed by atoms with Gasteiger partial charge in [0.2, 0.25) is 5.91 Å². The summed E-state index contributed by atoms with van der Waals surface area (Å²) in [5.74, 6) is 0.696. The Morgan fingerprint density at radius 3 is 2.90 bits per heavy atom. The van der Waals surface area contributed by atoms with Gasteiger partial charge in [0.15, 0.2) is 0 Å².